The minimum absolute atomic E-state index is 0.00586. The van der Waals surface area contributed by atoms with Crippen molar-refractivity contribution in [1.82, 2.24) is 0 Å². The van der Waals surface area contributed by atoms with Crippen molar-refractivity contribution in [3.05, 3.63) is 61.6 Å². The molecule has 2 aromatic rings. The Hall–Kier alpha value is -0.880. The molecule has 0 aliphatic heterocycles. The van der Waals surface area contributed by atoms with Gasteiger partial charge in [0.2, 0.25) is 0 Å². The minimum atomic E-state index is 0.00586. The van der Waals surface area contributed by atoms with Gasteiger partial charge >= 0.3 is 0 Å². The van der Waals surface area contributed by atoms with E-state index in [1.165, 1.54) is 0 Å². The van der Waals surface area contributed by atoms with E-state index >= 15 is 0 Å². The first kappa shape index (κ1) is 14.5. The number of hydrogen-bond donors (Lipinski definition) is 0. The summed E-state index contributed by atoms with van der Waals surface area (Å²) < 4.78 is 7.26. The Morgan fingerprint density at radius 1 is 1.21 bits per heavy atom. The molecule has 0 spiro atoms. The van der Waals surface area contributed by atoms with Gasteiger partial charge in [-0.05, 0) is 87.9 Å². The number of rotatable bonds is 4. The van der Waals surface area contributed by atoms with Crippen LogP contribution in [-0.2, 0) is 0 Å². The SMILES string of the molecule is CCOc1ccc(C(=O)c2ccc(I)cc2)c(Br)c1. The van der Waals surface area contributed by atoms with E-state index in [1.54, 1.807) is 6.07 Å². The number of benzene rings is 2. The van der Waals surface area contributed by atoms with E-state index in [1.807, 2.05) is 43.3 Å². The van der Waals surface area contributed by atoms with Gasteiger partial charge in [0.15, 0.2) is 5.78 Å². The van der Waals surface area contributed by atoms with Crippen molar-refractivity contribution in [3.63, 3.8) is 0 Å². The number of ether oxygens (including phenoxy) is 1. The maximum Gasteiger partial charge on any atom is 0.194 e. The second-order valence-electron chi connectivity index (χ2n) is 3.91. The van der Waals surface area contributed by atoms with Crippen LogP contribution in [0.15, 0.2) is 46.9 Å². The van der Waals surface area contributed by atoms with Crippen LogP contribution in [-0.4, -0.2) is 12.4 Å². The number of carbonyl (C=O) groups excluding carboxylic acids is 1. The Labute approximate surface area is 134 Å². The van der Waals surface area contributed by atoms with Crippen LogP contribution in [0.4, 0.5) is 0 Å². The van der Waals surface area contributed by atoms with Crippen LogP contribution in [0.1, 0.15) is 22.8 Å². The van der Waals surface area contributed by atoms with Crippen molar-refractivity contribution >= 4 is 44.3 Å². The van der Waals surface area contributed by atoms with Crippen LogP contribution < -0.4 is 4.74 Å². The van der Waals surface area contributed by atoms with Gasteiger partial charge in [-0.3, -0.25) is 4.79 Å². The Kier molecular flexibility index (Phi) is 4.99. The highest BCUT2D eigenvalue weighted by atomic mass is 127. The Bertz CT molecular complexity index is 594. The fraction of sp³-hybridized carbons (Fsp3) is 0.133. The van der Waals surface area contributed by atoms with Gasteiger partial charge in [0.1, 0.15) is 5.75 Å². The summed E-state index contributed by atoms with van der Waals surface area (Å²) in [5.41, 5.74) is 1.33. The number of halogens is 2. The van der Waals surface area contributed by atoms with Gasteiger partial charge in [0.25, 0.3) is 0 Å². The van der Waals surface area contributed by atoms with Crippen LogP contribution in [0.2, 0.25) is 0 Å². The molecule has 0 bridgehead atoms. The van der Waals surface area contributed by atoms with Gasteiger partial charge < -0.3 is 4.74 Å². The molecule has 0 radical (unpaired) electrons. The second-order valence-corrected chi connectivity index (χ2v) is 6.01. The van der Waals surface area contributed by atoms with E-state index in [2.05, 4.69) is 38.5 Å². The van der Waals surface area contributed by atoms with Gasteiger partial charge in [0.05, 0.1) is 6.61 Å². The third-order valence-electron chi connectivity index (χ3n) is 2.60. The van der Waals surface area contributed by atoms with E-state index in [4.69, 9.17) is 4.74 Å². The average Bonchev–Trinajstić information content (AvgIpc) is 2.39. The minimum Gasteiger partial charge on any atom is -0.494 e. The quantitative estimate of drug-likeness (QED) is 0.519. The van der Waals surface area contributed by atoms with Crippen molar-refractivity contribution in [2.75, 3.05) is 6.61 Å². The lowest BCUT2D eigenvalue weighted by atomic mass is 10.0. The highest BCUT2D eigenvalue weighted by Crippen LogP contribution is 2.25. The number of hydrogen-bond acceptors (Lipinski definition) is 2. The molecule has 0 saturated carbocycles. The normalized spacial score (nSPS) is 10.3. The number of carbonyl (C=O) groups is 1. The topological polar surface area (TPSA) is 26.3 Å². The fourth-order valence-electron chi connectivity index (χ4n) is 1.69. The molecule has 2 aromatic carbocycles. The van der Waals surface area contributed by atoms with E-state index < -0.39 is 0 Å². The van der Waals surface area contributed by atoms with Crippen LogP contribution >= 0.6 is 38.5 Å². The van der Waals surface area contributed by atoms with Crippen LogP contribution in [0.25, 0.3) is 0 Å². The van der Waals surface area contributed by atoms with Crippen molar-refractivity contribution in [2.45, 2.75) is 6.92 Å². The van der Waals surface area contributed by atoms with Gasteiger partial charge in [-0.1, -0.05) is 0 Å². The monoisotopic (exact) mass is 430 g/mol. The Morgan fingerprint density at radius 2 is 1.89 bits per heavy atom. The summed E-state index contributed by atoms with van der Waals surface area (Å²) in [6.45, 7) is 2.54. The third kappa shape index (κ3) is 3.57. The van der Waals surface area contributed by atoms with Crippen molar-refractivity contribution in [1.29, 1.82) is 0 Å². The van der Waals surface area contributed by atoms with Gasteiger partial charge in [-0.25, -0.2) is 0 Å². The lowest BCUT2D eigenvalue weighted by molar-refractivity contribution is 0.103. The molecule has 0 aliphatic carbocycles. The lowest BCUT2D eigenvalue weighted by Gasteiger charge is -2.07. The summed E-state index contributed by atoms with van der Waals surface area (Å²) in [6.07, 6.45) is 0. The van der Waals surface area contributed by atoms with Crippen molar-refractivity contribution in [2.24, 2.45) is 0 Å². The highest BCUT2D eigenvalue weighted by molar-refractivity contribution is 14.1. The van der Waals surface area contributed by atoms with Gasteiger partial charge in [-0.2, -0.15) is 0 Å². The molecular formula is C15H12BrIO2. The number of ketones is 1. The van der Waals surface area contributed by atoms with E-state index in [-0.39, 0.29) is 5.78 Å². The molecule has 0 aromatic heterocycles. The Balaban J connectivity index is 2.31. The molecular weight excluding hydrogens is 419 g/mol. The summed E-state index contributed by atoms with van der Waals surface area (Å²) >= 11 is 5.64. The first-order chi connectivity index (χ1) is 9.11. The van der Waals surface area contributed by atoms with Crippen molar-refractivity contribution in [3.8, 4) is 5.75 Å². The molecule has 2 nitrogen and oxygen atoms in total. The molecule has 0 atom stereocenters. The maximum atomic E-state index is 12.4. The molecule has 0 aliphatic rings. The largest absolute Gasteiger partial charge is 0.494 e. The zero-order valence-corrected chi connectivity index (χ0v) is 14.1. The first-order valence-electron chi connectivity index (χ1n) is 5.84. The summed E-state index contributed by atoms with van der Waals surface area (Å²) in [7, 11) is 0. The third-order valence-corrected chi connectivity index (χ3v) is 3.98. The fourth-order valence-corrected chi connectivity index (χ4v) is 2.59. The highest BCUT2D eigenvalue weighted by Gasteiger charge is 2.13. The molecule has 19 heavy (non-hydrogen) atoms. The summed E-state index contributed by atoms with van der Waals surface area (Å²) in [6, 6.07) is 13.0. The lowest BCUT2D eigenvalue weighted by Crippen LogP contribution is -2.03. The summed E-state index contributed by atoms with van der Waals surface area (Å²) in [5, 5.41) is 0. The smallest absolute Gasteiger partial charge is 0.194 e. The van der Waals surface area contributed by atoms with Gasteiger partial charge in [0, 0.05) is 19.2 Å². The van der Waals surface area contributed by atoms with Gasteiger partial charge in [-0.15, -0.1) is 0 Å². The summed E-state index contributed by atoms with van der Waals surface area (Å²) in [5.74, 6) is 0.764. The van der Waals surface area contributed by atoms with Crippen molar-refractivity contribution < 1.29 is 9.53 Å². The molecule has 2 rings (SSSR count). The molecule has 0 amide bonds. The van der Waals surface area contributed by atoms with Crippen LogP contribution in [0.5, 0.6) is 5.75 Å². The standard InChI is InChI=1S/C15H12BrIO2/c1-2-19-12-7-8-13(14(16)9-12)15(18)10-3-5-11(17)6-4-10/h3-9H,2H2,1H3. The predicted octanol–water partition coefficient (Wildman–Crippen LogP) is 4.68. The van der Waals surface area contributed by atoms with E-state index in [9.17, 15) is 4.79 Å². The van der Waals surface area contributed by atoms with E-state index in [0.717, 1.165) is 13.8 Å². The predicted molar refractivity (Wildman–Crippen MR) is 87.9 cm³/mol. The molecule has 0 N–H and O–H groups in total. The Morgan fingerprint density at radius 3 is 2.47 bits per heavy atom. The van der Waals surface area contributed by atoms with Crippen LogP contribution in [0.3, 0.4) is 0 Å². The zero-order valence-electron chi connectivity index (χ0n) is 10.3. The molecule has 4 heteroatoms. The molecule has 0 heterocycles. The zero-order chi connectivity index (χ0) is 13.8. The van der Waals surface area contributed by atoms with E-state index in [0.29, 0.717) is 17.7 Å². The first-order valence-corrected chi connectivity index (χ1v) is 7.71. The maximum absolute atomic E-state index is 12.4. The van der Waals surface area contributed by atoms with Crippen LogP contribution in [0, 0.1) is 3.57 Å². The summed E-state index contributed by atoms with van der Waals surface area (Å²) in [4.78, 5) is 12.4. The molecule has 0 fully saturated rings. The molecule has 98 valence electrons. The molecule has 0 saturated heterocycles. The molecule has 0 unspecified atom stereocenters. The average molecular weight is 431 g/mol. The second kappa shape index (κ2) is 6.52.